The maximum atomic E-state index is 13.4. The average Bonchev–Trinajstić information content (AvgIpc) is 3.15. The molecular weight excluding hydrogens is 404 g/mol. The first-order chi connectivity index (χ1) is 15.2. The molecule has 170 valence electrons. The molecule has 5 nitrogen and oxygen atoms in total. The van der Waals surface area contributed by atoms with Crippen molar-refractivity contribution in [3.8, 4) is 0 Å². The van der Waals surface area contributed by atoms with E-state index in [0.29, 0.717) is 0 Å². The van der Waals surface area contributed by atoms with Gasteiger partial charge in [-0.1, -0.05) is 66.7 Å². The van der Waals surface area contributed by atoms with Crippen LogP contribution >= 0.6 is 0 Å². The van der Waals surface area contributed by atoms with Gasteiger partial charge in [-0.3, -0.25) is 9.59 Å². The van der Waals surface area contributed by atoms with Crippen LogP contribution in [0.4, 0.5) is 0 Å². The van der Waals surface area contributed by atoms with Gasteiger partial charge in [0.2, 0.25) is 0 Å². The predicted octanol–water partition coefficient (Wildman–Crippen LogP) is 5.24. The fraction of sp³-hybridized carbons (Fsp3) is 0.407. The third kappa shape index (κ3) is 5.86. The zero-order chi connectivity index (χ0) is 23.2. The Balaban J connectivity index is 1.81. The molecular formula is C27H32O5. The van der Waals surface area contributed by atoms with E-state index in [1.807, 2.05) is 81.4 Å². The summed E-state index contributed by atoms with van der Waals surface area (Å²) in [6, 6.07) is 18.8. The van der Waals surface area contributed by atoms with Gasteiger partial charge in [-0.2, -0.15) is 0 Å². The Labute approximate surface area is 190 Å². The van der Waals surface area contributed by atoms with Crippen molar-refractivity contribution in [1.29, 1.82) is 0 Å². The Kier molecular flexibility index (Phi) is 7.52. The molecule has 0 heterocycles. The number of hydrogen-bond acceptors (Lipinski definition) is 5. The van der Waals surface area contributed by atoms with Crippen LogP contribution in [-0.2, 0) is 37.0 Å². The lowest BCUT2D eigenvalue weighted by molar-refractivity contribution is -0.175. The van der Waals surface area contributed by atoms with Crippen molar-refractivity contribution in [3.63, 3.8) is 0 Å². The maximum Gasteiger partial charge on any atom is 0.323 e. The minimum Gasteiger partial charge on any atom is -0.460 e. The monoisotopic (exact) mass is 436 g/mol. The number of carbonyl (C=O) groups excluding carboxylic acids is 2. The predicted molar refractivity (Wildman–Crippen MR) is 122 cm³/mol. The Morgan fingerprint density at radius 3 is 1.78 bits per heavy atom. The summed E-state index contributed by atoms with van der Waals surface area (Å²) in [4.78, 5) is 26.7. The summed E-state index contributed by atoms with van der Waals surface area (Å²) in [5.74, 6) is -1.32. The van der Waals surface area contributed by atoms with E-state index in [2.05, 4.69) is 6.58 Å². The van der Waals surface area contributed by atoms with Gasteiger partial charge in [0.05, 0.1) is 11.7 Å². The molecule has 0 N–H and O–H groups in total. The molecule has 1 fully saturated rings. The lowest BCUT2D eigenvalue weighted by atomic mass is 9.85. The Morgan fingerprint density at radius 2 is 1.38 bits per heavy atom. The molecule has 32 heavy (non-hydrogen) atoms. The third-order valence-electron chi connectivity index (χ3n) is 5.63. The average molecular weight is 437 g/mol. The van der Waals surface area contributed by atoms with Crippen molar-refractivity contribution < 1.29 is 23.8 Å². The smallest absolute Gasteiger partial charge is 0.323 e. The van der Waals surface area contributed by atoms with E-state index in [0.717, 1.165) is 11.1 Å². The lowest BCUT2D eigenvalue weighted by Crippen LogP contribution is -2.41. The largest absolute Gasteiger partial charge is 0.460 e. The van der Waals surface area contributed by atoms with Gasteiger partial charge < -0.3 is 14.2 Å². The molecule has 0 radical (unpaired) electrons. The molecule has 0 saturated heterocycles. The number of carbonyl (C=O) groups is 2. The highest BCUT2D eigenvalue weighted by Gasteiger charge is 2.58. The lowest BCUT2D eigenvalue weighted by Gasteiger charge is -2.28. The van der Waals surface area contributed by atoms with Crippen molar-refractivity contribution in [1.82, 2.24) is 0 Å². The fourth-order valence-electron chi connectivity index (χ4n) is 4.07. The van der Waals surface area contributed by atoms with Crippen molar-refractivity contribution in [2.45, 2.75) is 58.5 Å². The van der Waals surface area contributed by atoms with Crippen LogP contribution in [0, 0.1) is 11.3 Å². The standard InChI is InChI=1S/C27H32O5/c1-5-22-16-27(17-23(22)32-26(2,3)4,24(28)30-18-20-12-8-6-9-13-20)25(29)31-19-21-14-10-7-11-15-21/h5-15,22-23H,1,16-19H2,2-4H3/t22-,23-/m0/s1. The minimum atomic E-state index is -1.43. The maximum absolute atomic E-state index is 13.4. The van der Waals surface area contributed by atoms with Gasteiger partial charge in [-0.05, 0) is 38.3 Å². The minimum absolute atomic E-state index is 0.0942. The molecule has 1 aliphatic carbocycles. The van der Waals surface area contributed by atoms with Gasteiger partial charge in [0.25, 0.3) is 0 Å². The number of benzene rings is 2. The number of ether oxygens (including phenoxy) is 3. The highest BCUT2D eigenvalue weighted by atomic mass is 16.6. The van der Waals surface area contributed by atoms with Gasteiger partial charge in [0, 0.05) is 12.3 Å². The van der Waals surface area contributed by atoms with Crippen LogP contribution < -0.4 is 0 Å². The third-order valence-corrected chi connectivity index (χ3v) is 5.63. The first kappa shape index (κ1) is 23.7. The summed E-state index contributed by atoms with van der Waals surface area (Å²) < 4.78 is 17.5. The first-order valence-corrected chi connectivity index (χ1v) is 11.0. The van der Waals surface area contributed by atoms with Crippen LogP contribution in [0.25, 0.3) is 0 Å². The van der Waals surface area contributed by atoms with E-state index in [4.69, 9.17) is 14.2 Å². The molecule has 0 aliphatic heterocycles. The molecule has 5 heteroatoms. The molecule has 0 amide bonds. The summed E-state index contributed by atoms with van der Waals surface area (Å²) in [6.07, 6.45) is 1.87. The van der Waals surface area contributed by atoms with E-state index in [1.165, 1.54) is 0 Å². The molecule has 0 spiro atoms. The van der Waals surface area contributed by atoms with E-state index in [1.54, 1.807) is 6.08 Å². The number of esters is 2. The zero-order valence-corrected chi connectivity index (χ0v) is 19.1. The van der Waals surface area contributed by atoms with Crippen LogP contribution in [0.15, 0.2) is 73.3 Å². The zero-order valence-electron chi connectivity index (χ0n) is 19.1. The first-order valence-electron chi connectivity index (χ1n) is 11.0. The second-order valence-corrected chi connectivity index (χ2v) is 9.28. The van der Waals surface area contributed by atoms with Crippen LogP contribution in [0.1, 0.15) is 44.7 Å². The van der Waals surface area contributed by atoms with Crippen molar-refractivity contribution in [2.24, 2.45) is 11.3 Å². The second-order valence-electron chi connectivity index (χ2n) is 9.28. The Bertz CT molecular complexity index is 859. The SMILES string of the molecule is C=C[C@H]1CC(C(=O)OCc2ccccc2)(C(=O)OCc2ccccc2)C[C@@H]1OC(C)(C)C. The summed E-state index contributed by atoms with van der Waals surface area (Å²) in [5, 5.41) is 0. The molecule has 0 unspecified atom stereocenters. The Morgan fingerprint density at radius 1 is 0.906 bits per heavy atom. The van der Waals surface area contributed by atoms with Crippen LogP contribution in [0.3, 0.4) is 0 Å². The van der Waals surface area contributed by atoms with E-state index in [9.17, 15) is 9.59 Å². The van der Waals surface area contributed by atoms with E-state index in [-0.39, 0.29) is 38.1 Å². The van der Waals surface area contributed by atoms with Crippen molar-refractivity contribution in [3.05, 3.63) is 84.4 Å². The molecule has 0 aromatic heterocycles. The van der Waals surface area contributed by atoms with E-state index < -0.39 is 23.0 Å². The normalized spacial score (nSPS) is 19.8. The molecule has 1 saturated carbocycles. The van der Waals surface area contributed by atoms with Crippen molar-refractivity contribution in [2.75, 3.05) is 0 Å². The number of hydrogen-bond donors (Lipinski definition) is 0. The van der Waals surface area contributed by atoms with Crippen LogP contribution in [-0.4, -0.2) is 23.6 Å². The highest BCUT2D eigenvalue weighted by Crippen LogP contribution is 2.47. The quantitative estimate of drug-likeness (QED) is 0.322. The van der Waals surface area contributed by atoms with Gasteiger partial charge in [-0.15, -0.1) is 6.58 Å². The van der Waals surface area contributed by atoms with Crippen LogP contribution in [0.2, 0.25) is 0 Å². The molecule has 2 aromatic rings. The van der Waals surface area contributed by atoms with Gasteiger partial charge in [-0.25, -0.2) is 0 Å². The van der Waals surface area contributed by atoms with Crippen molar-refractivity contribution >= 4 is 11.9 Å². The van der Waals surface area contributed by atoms with Gasteiger partial charge in [0.15, 0.2) is 5.41 Å². The summed E-state index contributed by atoms with van der Waals surface area (Å²) in [7, 11) is 0. The van der Waals surface area contributed by atoms with Gasteiger partial charge >= 0.3 is 11.9 Å². The summed E-state index contributed by atoms with van der Waals surface area (Å²) in [6.45, 7) is 9.96. The van der Waals surface area contributed by atoms with Gasteiger partial charge in [0.1, 0.15) is 13.2 Å². The van der Waals surface area contributed by atoms with Crippen LogP contribution in [0.5, 0.6) is 0 Å². The summed E-state index contributed by atoms with van der Waals surface area (Å²) in [5.41, 5.74) is -0.147. The fourth-order valence-corrected chi connectivity index (χ4v) is 4.07. The molecule has 0 bridgehead atoms. The molecule has 3 rings (SSSR count). The number of rotatable bonds is 8. The molecule has 1 aliphatic rings. The summed E-state index contributed by atoms with van der Waals surface area (Å²) >= 11 is 0. The highest BCUT2D eigenvalue weighted by molar-refractivity contribution is 6.00. The molecule has 2 aromatic carbocycles. The second kappa shape index (κ2) is 10.1. The Hall–Kier alpha value is -2.92. The topological polar surface area (TPSA) is 61.8 Å². The molecule has 2 atom stereocenters. The van der Waals surface area contributed by atoms with E-state index >= 15 is 0 Å².